The summed E-state index contributed by atoms with van der Waals surface area (Å²) in [5.41, 5.74) is -0.479. The molecule has 0 fully saturated rings. The van der Waals surface area contributed by atoms with Crippen LogP contribution < -0.4 is 10.1 Å². The fourth-order valence-corrected chi connectivity index (χ4v) is 2.45. The predicted molar refractivity (Wildman–Crippen MR) is 79.3 cm³/mol. The van der Waals surface area contributed by atoms with Crippen LogP contribution in [0.2, 0.25) is 5.02 Å². The Bertz CT molecular complexity index is 452. The van der Waals surface area contributed by atoms with Gasteiger partial charge in [-0.2, -0.15) is 11.8 Å². The lowest BCUT2D eigenvalue weighted by atomic mass is 10.1. The second-order valence-electron chi connectivity index (χ2n) is 4.46. The van der Waals surface area contributed by atoms with Crippen LogP contribution in [0.5, 0.6) is 5.75 Å². The number of aliphatic hydroxyl groups is 1. The van der Waals surface area contributed by atoms with E-state index in [-0.39, 0.29) is 12.5 Å². The lowest BCUT2D eigenvalue weighted by molar-refractivity contribution is 0.0725. The third-order valence-electron chi connectivity index (χ3n) is 2.50. The highest BCUT2D eigenvalue weighted by Gasteiger charge is 2.21. The van der Waals surface area contributed by atoms with Crippen molar-refractivity contribution in [2.75, 3.05) is 25.7 Å². The first-order valence-corrected chi connectivity index (χ1v) is 7.50. The normalized spacial score (nSPS) is 13.7. The van der Waals surface area contributed by atoms with Crippen LogP contribution in [-0.4, -0.2) is 42.3 Å². The maximum atomic E-state index is 11.9. The first-order valence-electron chi connectivity index (χ1n) is 5.72. The van der Waals surface area contributed by atoms with Gasteiger partial charge in [-0.3, -0.25) is 4.79 Å². The van der Waals surface area contributed by atoms with Crippen molar-refractivity contribution in [3.63, 3.8) is 0 Å². The highest BCUT2D eigenvalue weighted by atomic mass is 35.5. The Kier molecular flexibility index (Phi) is 5.97. The largest absolute Gasteiger partial charge is 0.495 e. The maximum Gasteiger partial charge on any atom is 0.251 e. The van der Waals surface area contributed by atoms with Crippen LogP contribution in [0.15, 0.2) is 18.2 Å². The van der Waals surface area contributed by atoms with Gasteiger partial charge in [0.05, 0.1) is 17.7 Å². The number of methoxy groups -OCH3 is 1. The van der Waals surface area contributed by atoms with Gasteiger partial charge in [-0.25, -0.2) is 0 Å². The minimum Gasteiger partial charge on any atom is -0.495 e. The molecule has 106 valence electrons. The van der Waals surface area contributed by atoms with Crippen molar-refractivity contribution in [2.45, 2.75) is 12.5 Å². The van der Waals surface area contributed by atoms with Crippen molar-refractivity contribution in [1.82, 2.24) is 5.32 Å². The molecule has 0 saturated carbocycles. The van der Waals surface area contributed by atoms with Crippen molar-refractivity contribution in [2.24, 2.45) is 0 Å². The molecule has 1 amide bonds. The smallest absolute Gasteiger partial charge is 0.251 e. The van der Waals surface area contributed by atoms with E-state index in [1.165, 1.54) is 18.9 Å². The molecule has 4 nitrogen and oxygen atoms in total. The van der Waals surface area contributed by atoms with E-state index in [2.05, 4.69) is 5.32 Å². The average molecular weight is 304 g/mol. The van der Waals surface area contributed by atoms with E-state index in [4.69, 9.17) is 16.3 Å². The molecule has 19 heavy (non-hydrogen) atoms. The molecule has 0 spiro atoms. The quantitative estimate of drug-likeness (QED) is 0.846. The SMILES string of the molecule is COc1cc(C(=O)NCC(C)(O)CSC)ccc1Cl. The van der Waals surface area contributed by atoms with E-state index < -0.39 is 5.60 Å². The van der Waals surface area contributed by atoms with Crippen molar-refractivity contribution in [3.05, 3.63) is 28.8 Å². The Labute approximate surface area is 122 Å². The molecular weight excluding hydrogens is 286 g/mol. The average Bonchev–Trinajstić information content (AvgIpc) is 2.36. The van der Waals surface area contributed by atoms with E-state index >= 15 is 0 Å². The summed E-state index contributed by atoms with van der Waals surface area (Å²) in [7, 11) is 1.49. The number of halogens is 1. The molecule has 0 radical (unpaired) electrons. The van der Waals surface area contributed by atoms with Crippen LogP contribution in [0, 0.1) is 0 Å². The zero-order chi connectivity index (χ0) is 14.5. The molecule has 2 N–H and O–H groups in total. The summed E-state index contributed by atoms with van der Waals surface area (Å²) >= 11 is 7.42. The molecule has 1 atom stereocenters. The molecule has 0 saturated heterocycles. The summed E-state index contributed by atoms with van der Waals surface area (Å²) in [4.78, 5) is 11.9. The Morgan fingerprint density at radius 3 is 2.84 bits per heavy atom. The number of ether oxygens (including phenoxy) is 1. The van der Waals surface area contributed by atoms with Crippen LogP contribution in [0.3, 0.4) is 0 Å². The molecule has 0 aliphatic carbocycles. The Morgan fingerprint density at radius 2 is 2.26 bits per heavy atom. The van der Waals surface area contributed by atoms with Gasteiger partial charge in [0, 0.05) is 17.9 Å². The topological polar surface area (TPSA) is 58.6 Å². The van der Waals surface area contributed by atoms with Gasteiger partial charge < -0.3 is 15.2 Å². The summed E-state index contributed by atoms with van der Waals surface area (Å²) in [5, 5.41) is 13.1. The number of hydrogen-bond donors (Lipinski definition) is 2. The second kappa shape index (κ2) is 7.03. The minimum absolute atomic E-state index is 0.192. The number of thioether (sulfide) groups is 1. The molecule has 0 aliphatic heterocycles. The van der Waals surface area contributed by atoms with Crippen molar-refractivity contribution in [1.29, 1.82) is 0 Å². The molecule has 0 heterocycles. The second-order valence-corrected chi connectivity index (χ2v) is 5.74. The van der Waals surface area contributed by atoms with Crippen LogP contribution in [0.4, 0.5) is 0 Å². The minimum atomic E-state index is -0.925. The Hall–Kier alpha value is -0.910. The van der Waals surface area contributed by atoms with E-state index in [1.807, 2.05) is 6.26 Å². The highest BCUT2D eigenvalue weighted by Crippen LogP contribution is 2.24. The first-order chi connectivity index (χ1) is 8.89. The summed E-state index contributed by atoms with van der Waals surface area (Å²) in [6.45, 7) is 1.88. The van der Waals surface area contributed by atoms with Crippen LogP contribution in [-0.2, 0) is 0 Å². The third-order valence-corrected chi connectivity index (χ3v) is 3.72. The monoisotopic (exact) mass is 303 g/mol. The summed E-state index contributed by atoms with van der Waals surface area (Å²) in [6.07, 6.45) is 1.90. The van der Waals surface area contributed by atoms with Crippen LogP contribution in [0.1, 0.15) is 17.3 Å². The van der Waals surface area contributed by atoms with Gasteiger partial charge in [0.2, 0.25) is 0 Å². The number of hydrogen-bond acceptors (Lipinski definition) is 4. The summed E-state index contributed by atoms with van der Waals surface area (Å²) in [6, 6.07) is 4.79. The molecule has 0 bridgehead atoms. The summed E-state index contributed by atoms with van der Waals surface area (Å²) < 4.78 is 5.06. The highest BCUT2D eigenvalue weighted by molar-refractivity contribution is 7.98. The number of carbonyl (C=O) groups is 1. The predicted octanol–water partition coefficient (Wildman–Crippen LogP) is 2.19. The lowest BCUT2D eigenvalue weighted by Crippen LogP contribution is -2.42. The molecule has 1 rings (SSSR count). The van der Waals surface area contributed by atoms with E-state index in [9.17, 15) is 9.90 Å². The molecule has 1 aromatic carbocycles. The number of nitrogens with one attached hydrogen (secondary N) is 1. The third kappa shape index (κ3) is 4.93. The van der Waals surface area contributed by atoms with Gasteiger partial charge in [0.15, 0.2) is 0 Å². The first kappa shape index (κ1) is 16.1. The zero-order valence-corrected chi connectivity index (χ0v) is 12.8. The molecule has 6 heteroatoms. The molecule has 1 aromatic rings. The van der Waals surface area contributed by atoms with Gasteiger partial charge in [0.25, 0.3) is 5.91 Å². The Balaban J connectivity index is 2.68. The Morgan fingerprint density at radius 1 is 1.58 bits per heavy atom. The van der Waals surface area contributed by atoms with Gasteiger partial charge in [0.1, 0.15) is 5.75 Å². The number of carbonyl (C=O) groups excluding carboxylic acids is 1. The van der Waals surface area contributed by atoms with E-state index in [1.54, 1.807) is 25.1 Å². The van der Waals surface area contributed by atoms with Crippen molar-refractivity contribution in [3.8, 4) is 5.75 Å². The van der Waals surface area contributed by atoms with Crippen LogP contribution in [0.25, 0.3) is 0 Å². The standard InChI is InChI=1S/C13H18ClNO3S/c1-13(17,8-19-3)7-15-12(16)9-4-5-10(14)11(6-9)18-2/h4-6,17H,7-8H2,1-3H3,(H,15,16). The summed E-state index contributed by atoms with van der Waals surface area (Å²) in [5.74, 6) is 0.735. The molecule has 1 unspecified atom stereocenters. The lowest BCUT2D eigenvalue weighted by Gasteiger charge is -2.22. The number of benzene rings is 1. The molecule has 0 aliphatic rings. The molecule has 0 aromatic heterocycles. The van der Waals surface area contributed by atoms with Gasteiger partial charge in [-0.15, -0.1) is 0 Å². The van der Waals surface area contributed by atoms with Crippen LogP contribution >= 0.6 is 23.4 Å². The van der Waals surface area contributed by atoms with Gasteiger partial charge in [-0.05, 0) is 31.4 Å². The number of amides is 1. The maximum absolute atomic E-state index is 11.9. The van der Waals surface area contributed by atoms with Gasteiger partial charge >= 0.3 is 0 Å². The number of rotatable bonds is 6. The zero-order valence-electron chi connectivity index (χ0n) is 11.2. The van der Waals surface area contributed by atoms with E-state index in [0.717, 1.165) is 0 Å². The van der Waals surface area contributed by atoms with Crippen molar-refractivity contribution >= 4 is 29.3 Å². The molecular formula is C13H18ClNO3S. The van der Waals surface area contributed by atoms with E-state index in [0.29, 0.717) is 22.1 Å². The fourth-order valence-electron chi connectivity index (χ4n) is 1.54. The fraction of sp³-hybridized carbons (Fsp3) is 0.462. The van der Waals surface area contributed by atoms with Crippen molar-refractivity contribution < 1.29 is 14.6 Å². The van der Waals surface area contributed by atoms with Gasteiger partial charge in [-0.1, -0.05) is 11.6 Å².